The van der Waals surface area contributed by atoms with E-state index >= 15 is 0 Å². The number of rotatable bonds is 4. The Labute approximate surface area is 107 Å². The van der Waals surface area contributed by atoms with E-state index in [4.69, 9.17) is 0 Å². The molecule has 100 valence electrons. The number of piperidine rings is 1. The van der Waals surface area contributed by atoms with E-state index < -0.39 is 11.6 Å². The Bertz CT molecular complexity index is 369. The van der Waals surface area contributed by atoms with E-state index in [9.17, 15) is 8.78 Å². The minimum Gasteiger partial charge on any atom is -0.313 e. The molecular formula is C14H20F2N2. The summed E-state index contributed by atoms with van der Waals surface area (Å²) in [6.45, 7) is 2.57. The molecule has 0 saturated carbocycles. The molecule has 1 N–H and O–H groups in total. The number of halogens is 2. The predicted molar refractivity (Wildman–Crippen MR) is 68.3 cm³/mol. The molecule has 1 saturated heterocycles. The van der Waals surface area contributed by atoms with Crippen LogP contribution in [-0.4, -0.2) is 31.1 Å². The third-order valence-corrected chi connectivity index (χ3v) is 3.32. The smallest absolute Gasteiger partial charge is 0.126 e. The molecule has 2 rings (SSSR count). The zero-order chi connectivity index (χ0) is 13.0. The lowest BCUT2D eigenvalue weighted by atomic mass is 10.0. The van der Waals surface area contributed by atoms with Crippen molar-refractivity contribution < 1.29 is 8.78 Å². The number of nitrogens with zero attached hydrogens (tertiary/aromatic N) is 1. The van der Waals surface area contributed by atoms with E-state index in [2.05, 4.69) is 10.2 Å². The molecule has 0 aliphatic carbocycles. The van der Waals surface area contributed by atoms with Crippen molar-refractivity contribution in [3.8, 4) is 0 Å². The van der Waals surface area contributed by atoms with Crippen LogP contribution in [0.5, 0.6) is 0 Å². The van der Waals surface area contributed by atoms with Gasteiger partial charge >= 0.3 is 0 Å². The third kappa shape index (κ3) is 4.03. The van der Waals surface area contributed by atoms with Crippen molar-refractivity contribution in [3.63, 3.8) is 0 Å². The van der Waals surface area contributed by atoms with Crippen LogP contribution in [0.3, 0.4) is 0 Å². The Hall–Kier alpha value is -1.00. The van der Waals surface area contributed by atoms with Gasteiger partial charge in [0.05, 0.1) is 0 Å². The molecule has 0 radical (unpaired) electrons. The topological polar surface area (TPSA) is 15.3 Å². The number of hydrogen-bond acceptors (Lipinski definition) is 2. The monoisotopic (exact) mass is 254 g/mol. The van der Waals surface area contributed by atoms with Gasteiger partial charge in [-0.2, -0.15) is 0 Å². The summed E-state index contributed by atoms with van der Waals surface area (Å²) >= 11 is 0. The Kier molecular flexibility index (Phi) is 4.66. The van der Waals surface area contributed by atoms with Crippen molar-refractivity contribution in [2.24, 2.45) is 0 Å². The number of likely N-dealkylation sites (N-methyl/N-ethyl adjacent to an activating group) is 1. The first-order chi connectivity index (χ1) is 8.63. The fourth-order valence-electron chi connectivity index (χ4n) is 2.53. The fourth-order valence-corrected chi connectivity index (χ4v) is 2.53. The first-order valence-corrected chi connectivity index (χ1v) is 6.50. The molecule has 1 heterocycles. The normalized spacial score (nSPS) is 20.3. The zero-order valence-electron chi connectivity index (χ0n) is 10.8. The van der Waals surface area contributed by atoms with E-state index in [0.717, 1.165) is 19.2 Å². The average Bonchev–Trinajstić information content (AvgIpc) is 2.28. The lowest BCUT2D eigenvalue weighted by Gasteiger charge is -2.28. The number of nitrogens with one attached hydrogen (secondary N) is 1. The lowest BCUT2D eigenvalue weighted by molar-refractivity contribution is 0.256. The molecule has 1 unspecified atom stereocenters. The highest BCUT2D eigenvalue weighted by Gasteiger charge is 2.14. The van der Waals surface area contributed by atoms with Gasteiger partial charge in [0.15, 0.2) is 0 Å². The maximum absolute atomic E-state index is 13.1. The molecule has 4 heteroatoms. The molecule has 1 aliphatic rings. The van der Waals surface area contributed by atoms with Crippen LogP contribution in [0.2, 0.25) is 0 Å². The Morgan fingerprint density at radius 3 is 2.56 bits per heavy atom. The molecular weight excluding hydrogens is 234 g/mol. The van der Waals surface area contributed by atoms with Crippen LogP contribution < -0.4 is 5.32 Å². The minimum absolute atomic E-state index is 0.502. The summed E-state index contributed by atoms with van der Waals surface area (Å²) < 4.78 is 26.1. The minimum atomic E-state index is -0.505. The van der Waals surface area contributed by atoms with Gasteiger partial charge in [0, 0.05) is 25.2 Å². The second-order valence-corrected chi connectivity index (χ2v) is 5.12. The summed E-state index contributed by atoms with van der Waals surface area (Å²) in [6, 6.07) is 4.20. The first kappa shape index (κ1) is 13.4. The third-order valence-electron chi connectivity index (χ3n) is 3.32. The van der Waals surface area contributed by atoms with Gasteiger partial charge in [-0.3, -0.25) is 0 Å². The molecule has 0 spiro atoms. The van der Waals surface area contributed by atoms with Gasteiger partial charge in [0.2, 0.25) is 0 Å². The number of benzene rings is 1. The van der Waals surface area contributed by atoms with Crippen LogP contribution in [0, 0.1) is 11.6 Å². The molecule has 1 aliphatic heterocycles. The first-order valence-electron chi connectivity index (χ1n) is 6.50. The quantitative estimate of drug-likeness (QED) is 0.888. The maximum atomic E-state index is 13.1. The van der Waals surface area contributed by atoms with E-state index in [1.54, 1.807) is 0 Å². The van der Waals surface area contributed by atoms with Gasteiger partial charge in [-0.15, -0.1) is 0 Å². The summed E-state index contributed by atoms with van der Waals surface area (Å²) in [7, 11) is 1.99. The van der Waals surface area contributed by atoms with E-state index in [0.29, 0.717) is 18.2 Å². The SMILES string of the molecule is CN(Cc1cc(F)cc(F)c1)CC1CCCCN1. The molecule has 2 nitrogen and oxygen atoms in total. The lowest BCUT2D eigenvalue weighted by Crippen LogP contribution is -2.42. The van der Waals surface area contributed by atoms with Gasteiger partial charge in [-0.05, 0) is 44.1 Å². The maximum Gasteiger partial charge on any atom is 0.126 e. The average molecular weight is 254 g/mol. The molecule has 1 aromatic carbocycles. The molecule has 0 aromatic heterocycles. The van der Waals surface area contributed by atoms with Gasteiger partial charge in [-0.25, -0.2) is 8.78 Å². The summed E-state index contributed by atoms with van der Waals surface area (Å²) in [4.78, 5) is 2.11. The predicted octanol–water partition coefficient (Wildman–Crippen LogP) is 2.54. The van der Waals surface area contributed by atoms with E-state index in [1.807, 2.05) is 7.05 Å². The van der Waals surface area contributed by atoms with Crippen LogP contribution in [0.4, 0.5) is 8.78 Å². The van der Waals surface area contributed by atoms with Crippen molar-refractivity contribution >= 4 is 0 Å². The largest absolute Gasteiger partial charge is 0.313 e. The van der Waals surface area contributed by atoms with Crippen molar-refractivity contribution in [2.45, 2.75) is 31.8 Å². The second-order valence-electron chi connectivity index (χ2n) is 5.12. The summed E-state index contributed by atoms with van der Waals surface area (Å²) in [5, 5.41) is 3.47. The fraction of sp³-hybridized carbons (Fsp3) is 0.571. The van der Waals surface area contributed by atoms with Gasteiger partial charge < -0.3 is 10.2 Å². The van der Waals surface area contributed by atoms with Crippen molar-refractivity contribution in [3.05, 3.63) is 35.4 Å². The highest BCUT2D eigenvalue weighted by Crippen LogP contribution is 2.12. The van der Waals surface area contributed by atoms with Crippen LogP contribution >= 0.6 is 0 Å². The molecule has 0 amide bonds. The molecule has 18 heavy (non-hydrogen) atoms. The summed E-state index contributed by atoms with van der Waals surface area (Å²) in [6.07, 6.45) is 3.69. The van der Waals surface area contributed by atoms with Crippen molar-refractivity contribution in [1.29, 1.82) is 0 Å². The van der Waals surface area contributed by atoms with E-state index in [-0.39, 0.29) is 0 Å². The van der Waals surface area contributed by atoms with Crippen LogP contribution in [-0.2, 0) is 6.54 Å². The van der Waals surface area contributed by atoms with Crippen LogP contribution in [0.15, 0.2) is 18.2 Å². The van der Waals surface area contributed by atoms with Crippen molar-refractivity contribution in [2.75, 3.05) is 20.1 Å². The van der Waals surface area contributed by atoms with Gasteiger partial charge in [0.25, 0.3) is 0 Å². The van der Waals surface area contributed by atoms with Crippen molar-refractivity contribution in [1.82, 2.24) is 10.2 Å². The van der Waals surface area contributed by atoms with Gasteiger partial charge in [0.1, 0.15) is 11.6 Å². The zero-order valence-corrected chi connectivity index (χ0v) is 10.8. The summed E-state index contributed by atoms with van der Waals surface area (Å²) in [5.41, 5.74) is 0.686. The van der Waals surface area contributed by atoms with Crippen LogP contribution in [0.25, 0.3) is 0 Å². The Morgan fingerprint density at radius 1 is 1.22 bits per heavy atom. The molecule has 1 fully saturated rings. The molecule has 1 atom stereocenters. The van der Waals surface area contributed by atoms with Gasteiger partial charge in [-0.1, -0.05) is 6.42 Å². The second kappa shape index (κ2) is 6.25. The standard InChI is InChI=1S/C14H20F2N2/c1-18(10-14-4-2-3-5-17-14)9-11-6-12(15)8-13(16)7-11/h6-8,14,17H,2-5,9-10H2,1H3. The Morgan fingerprint density at radius 2 is 1.94 bits per heavy atom. The van der Waals surface area contributed by atoms with E-state index in [1.165, 1.54) is 31.4 Å². The number of hydrogen-bond donors (Lipinski definition) is 1. The molecule has 1 aromatic rings. The highest BCUT2D eigenvalue weighted by atomic mass is 19.1. The Balaban J connectivity index is 1.87. The van der Waals surface area contributed by atoms with Crippen LogP contribution in [0.1, 0.15) is 24.8 Å². The molecule has 0 bridgehead atoms. The summed E-state index contributed by atoms with van der Waals surface area (Å²) in [5.74, 6) is -1.01. The highest BCUT2D eigenvalue weighted by molar-refractivity contribution is 5.17.